The first kappa shape index (κ1) is 22.7. The van der Waals surface area contributed by atoms with Crippen molar-refractivity contribution in [3.05, 3.63) is 98.5 Å². The molecule has 0 saturated heterocycles. The zero-order chi connectivity index (χ0) is 23.7. The van der Waals surface area contributed by atoms with Crippen LogP contribution in [0, 0.1) is 0 Å². The van der Waals surface area contributed by atoms with E-state index in [0.29, 0.717) is 5.56 Å². The van der Waals surface area contributed by atoms with Crippen LogP contribution in [0.25, 0.3) is 0 Å². The molecule has 33 heavy (non-hydrogen) atoms. The van der Waals surface area contributed by atoms with E-state index >= 15 is 0 Å². The van der Waals surface area contributed by atoms with E-state index in [0.717, 1.165) is 16.9 Å². The molecule has 0 spiro atoms. The highest BCUT2D eigenvalue weighted by molar-refractivity contribution is 6.44. The van der Waals surface area contributed by atoms with Crippen molar-refractivity contribution >= 4 is 52.5 Å². The predicted octanol–water partition coefficient (Wildman–Crippen LogP) is 5.40. The quantitative estimate of drug-likeness (QED) is 0.267. The molecule has 1 aliphatic rings. The number of anilines is 1. The van der Waals surface area contributed by atoms with Crippen LogP contribution in [0.2, 0.25) is 10.0 Å². The number of para-hydroxylation sites is 1. The van der Waals surface area contributed by atoms with Gasteiger partial charge >= 0.3 is 5.97 Å². The predicted molar refractivity (Wildman–Crippen MR) is 124 cm³/mol. The van der Waals surface area contributed by atoms with Gasteiger partial charge in [0.05, 0.1) is 32.4 Å². The summed E-state index contributed by atoms with van der Waals surface area (Å²) in [5, 5.41) is 0.271. The zero-order valence-electron chi connectivity index (χ0n) is 17.4. The second-order valence-corrected chi connectivity index (χ2v) is 8.14. The molecule has 8 heteroatoms. The molecule has 0 atom stereocenters. The van der Waals surface area contributed by atoms with Gasteiger partial charge in [0.1, 0.15) is 0 Å². The minimum atomic E-state index is -0.836. The lowest BCUT2D eigenvalue weighted by atomic mass is 10.1. The number of halogens is 2. The Labute approximate surface area is 199 Å². The minimum absolute atomic E-state index is 0.0293. The second-order valence-electron chi connectivity index (χ2n) is 7.32. The molecule has 0 aromatic heterocycles. The molecule has 0 bridgehead atoms. The van der Waals surface area contributed by atoms with Crippen LogP contribution in [0.15, 0.2) is 60.7 Å². The Morgan fingerprint density at radius 3 is 2.03 bits per heavy atom. The number of ether oxygens (including phenoxy) is 1. The number of carbonyl (C=O) groups is 4. The van der Waals surface area contributed by atoms with E-state index in [1.807, 2.05) is 19.1 Å². The van der Waals surface area contributed by atoms with Crippen LogP contribution >= 0.6 is 23.2 Å². The van der Waals surface area contributed by atoms with Crippen LogP contribution in [-0.2, 0) is 11.2 Å². The molecule has 6 nitrogen and oxygen atoms in total. The summed E-state index contributed by atoms with van der Waals surface area (Å²) < 4.78 is 5.21. The number of rotatable bonds is 6. The summed E-state index contributed by atoms with van der Waals surface area (Å²) in [6, 6.07) is 15.7. The van der Waals surface area contributed by atoms with Crippen LogP contribution in [0.3, 0.4) is 0 Å². The van der Waals surface area contributed by atoms with Gasteiger partial charge in [-0.2, -0.15) is 0 Å². The van der Waals surface area contributed by atoms with E-state index in [2.05, 4.69) is 0 Å². The van der Waals surface area contributed by atoms with Crippen molar-refractivity contribution < 1.29 is 23.9 Å². The fraction of sp³-hybridized carbons (Fsp3) is 0.120. The van der Waals surface area contributed by atoms with E-state index in [4.69, 9.17) is 27.9 Å². The molecule has 0 aliphatic carbocycles. The molecular weight excluding hydrogens is 465 g/mol. The average molecular weight is 482 g/mol. The maximum Gasteiger partial charge on any atom is 0.340 e. The third-order valence-electron chi connectivity index (χ3n) is 5.31. The number of aryl methyl sites for hydroxylation is 1. The molecular formula is C25H17Cl2NO5. The Hall–Kier alpha value is -3.48. The third-order valence-corrected chi connectivity index (χ3v) is 6.03. The van der Waals surface area contributed by atoms with Gasteiger partial charge in [-0.1, -0.05) is 66.5 Å². The van der Waals surface area contributed by atoms with Crippen LogP contribution in [0.1, 0.15) is 53.9 Å². The van der Waals surface area contributed by atoms with Gasteiger partial charge < -0.3 is 4.74 Å². The van der Waals surface area contributed by atoms with Crippen LogP contribution in [0.4, 0.5) is 5.69 Å². The highest BCUT2D eigenvalue weighted by Crippen LogP contribution is 2.35. The number of nitrogens with zero attached hydrogens (tertiary/aromatic N) is 1. The molecule has 0 radical (unpaired) electrons. The Morgan fingerprint density at radius 1 is 0.879 bits per heavy atom. The number of esters is 1. The van der Waals surface area contributed by atoms with Crippen molar-refractivity contribution in [2.45, 2.75) is 13.3 Å². The summed E-state index contributed by atoms with van der Waals surface area (Å²) >= 11 is 12.0. The van der Waals surface area contributed by atoms with E-state index in [9.17, 15) is 19.2 Å². The number of amides is 2. The monoisotopic (exact) mass is 481 g/mol. The van der Waals surface area contributed by atoms with Crippen LogP contribution in [-0.4, -0.2) is 30.2 Å². The van der Waals surface area contributed by atoms with E-state index in [1.54, 1.807) is 24.3 Å². The lowest BCUT2D eigenvalue weighted by molar-refractivity contribution is 0.0475. The Morgan fingerprint density at radius 2 is 1.45 bits per heavy atom. The molecule has 1 heterocycles. The van der Waals surface area contributed by atoms with Gasteiger partial charge in [0, 0.05) is 5.56 Å². The zero-order valence-corrected chi connectivity index (χ0v) is 18.9. The Kier molecular flexibility index (Phi) is 6.31. The first-order valence-corrected chi connectivity index (χ1v) is 10.8. The highest BCUT2D eigenvalue weighted by atomic mass is 35.5. The molecule has 1 aliphatic heterocycles. The number of ketones is 1. The maximum absolute atomic E-state index is 12.9. The second kappa shape index (κ2) is 9.17. The van der Waals surface area contributed by atoms with Gasteiger partial charge in [0.2, 0.25) is 0 Å². The molecule has 2 amide bonds. The van der Waals surface area contributed by atoms with Crippen LogP contribution in [0.5, 0.6) is 0 Å². The van der Waals surface area contributed by atoms with Gasteiger partial charge in [0.15, 0.2) is 12.4 Å². The van der Waals surface area contributed by atoms with E-state index < -0.39 is 24.4 Å². The molecule has 0 fully saturated rings. The van der Waals surface area contributed by atoms with Gasteiger partial charge in [-0.05, 0) is 36.2 Å². The maximum atomic E-state index is 12.9. The normalized spacial score (nSPS) is 12.6. The SMILES string of the molecule is CCc1ccc(C(=O)COC(=O)c2ccccc2N2C(=O)c3cc(Cl)c(Cl)cc3C2=O)cc1. The summed E-state index contributed by atoms with van der Waals surface area (Å²) in [7, 11) is 0. The Balaban J connectivity index is 1.56. The van der Waals surface area contributed by atoms with Gasteiger partial charge in [-0.25, -0.2) is 9.69 Å². The van der Waals surface area contributed by atoms with Crippen molar-refractivity contribution in [3.8, 4) is 0 Å². The summed E-state index contributed by atoms with van der Waals surface area (Å²) in [6.45, 7) is 1.53. The molecule has 0 saturated carbocycles. The molecule has 166 valence electrons. The van der Waals surface area contributed by atoms with E-state index in [1.165, 1.54) is 24.3 Å². The van der Waals surface area contributed by atoms with E-state index in [-0.39, 0.29) is 38.2 Å². The number of carbonyl (C=O) groups excluding carboxylic acids is 4. The summed E-state index contributed by atoms with van der Waals surface area (Å²) in [5.41, 5.74) is 1.69. The van der Waals surface area contributed by atoms with Gasteiger partial charge in [-0.3, -0.25) is 14.4 Å². The third kappa shape index (κ3) is 4.27. The number of imide groups is 1. The van der Waals surface area contributed by atoms with Crippen molar-refractivity contribution in [1.29, 1.82) is 0 Å². The van der Waals surface area contributed by atoms with Crippen molar-refractivity contribution in [2.75, 3.05) is 11.5 Å². The number of Topliss-reactive ketones (excluding diaryl/α,β-unsaturated/α-hetero) is 1. The number of hydrogen-bond donors (Lipinski definition) is 0. The highest BCUT2D eigenvalue weighted by Gasteiger charge is 2.39. The fourth-order valence-electron chi connectivity index (χ4n) is 3.51. The first-order valence-electron chi connectivity index (χ1n) is 10.1. The molecule has 3 aromatic rings. The minimum Gasteiger partial charge on any atom is -0.454 e. The van der Waals surface area contributed by atoms with Crippen molar-refractivity contribution in [3.63, 3.8) is 0 Å². The average Bonchev–Trinajstić information content (AvgIpc) is 3.06. The van der Waals surface area contributed by atoms with Crippen LogP contribution < -0.4 is 4.90 Å². The summed E-state index contributed by atoms with van der Waals surface area (Å²) in [5.74, 6) is -2.48. The fourth-order valence-corrected chi connectivity index (χ4v) is 3.84. The number of benzene rings is 3. The number of hydrogen-bond acceptors (Lipinski definition) is 5. The first-order chi connectivity index (χ1) is 15.8. The van der Waals surface area contributed by atoms with Gasteiger partial charge in [-0.15, -0.1) is 0 Å². The molecule has 0 unspecified atom stereocenters. The Bertz CT molecular complexity index is 1260. The summed E-state index contributed by atoms with van der Waals surface area (Å²) in [6.07, 6.45) is 0.844. The summed E-state index contributed by atoms with van der Waals surface area (Å²) in [4.78, 5) is 52.0. The molecule has 4 rings (SSSR count). The topological polar surface area (TPSA) is 80.8 Å². The molecule has 0 N–H and O–H groups in total. The smallest absolute Gasteiger partial charge is 0.340 e. The van der Waals surface area contributed by atoms with Gasteiger partial charge in [0.25, 0.3) is 11.8 Å². The van der Waals surface area contributed by atoms with Crippen molar-refractivity contribution in [1.82, 2.24) is 0 Å². The lowest BCUT2D eigenvalue weighted by Gasteiger charge is -2.17. The lowest BCUT2D eigenvalue weighted by Crippen LogP contribution is -2.31. The standard InChI is InChI=1S/C25H17Cl2NO5/c1-2-14-7-9-15(10-8-14)22(29)13-33-25(32)16-5-3-4-6-21(16)28-23(30)17-11-19(26)20(27)12-18(17)24(28)31/h3-12H,2,13H2,1H3. The van der Waals surface area contributed by atoms with Crippen molar-refractivity contribution in [2.24, 2.45) is 0 Å². The number of fused-ring (bicyclic) bond motifs is 1. The largest absolute Gasteiger partial charge is 0.454 e. The molecule has 3 aromatic carbocycles.